The number of aromatic nitrogens is 2. The average molecular weight is 450 g/mol. The van der Waals surface area contributed by atoms with Gasteiger partial charge in [0.05, 0.1) is 6.10 Å². The molecule has 6 rings (SSSR count). The van der Waals surface area contributed by atoms with E-state index >= 15 is 0 Å². The fraction of sp³-hybridized carbons (Fsp3) is 0.185. The summed E-state index contributed by atoms with van der Waals surface area (Å²) in [5.74, 6) is 0.608. The summed E-state index contributed by atoms with van der Waals surface area (Å²) in [6, 6.07) is 19.5. The van der Waals surface area contributed by atoms with Crippen molar-refractivity contribution in [1.82, 2.24) is 9.97 Å². The number of aromatic amines is 1. The van der Waals surface area contributed by atoms with Crippen LogP contribution >= 0.6 is 0 Å². The molecule has 0 saturated carbocycles. The topological polar surface area (TPSA) is 93.9 Å². The van der Waals surface area contributed by atoms with Gasteiger partial charge in [-0.3, -0.25) is 9.78 Å². The molecule has 1 saturated heterocycles. The summed E-state index contributed by atoms with van der Waals surface area (Å²) in [5.41, 5.74) is 4.17. The molecular weight excluding hydrogens is 426 g/mol. The molecule has 1 aliphatic carbocycles. The van der Waals surface area contributed by atoms with Crippen LogP contribution < -0.4 is 4.90 Å². The number of para-hydroxylation sites is 1. The maximum Gasteiger partial charge on any atom is 0.295 e. The van der Waals surface area contributed by atoms with Gasteiger partial charge >= 0.3 is 0 Å². The number of hydrogen-bond donors (Lipinski definition) is 2. The number of hydrogen-bond acceptors (Lipinski definition) is 5. The Morgan fingerprint density at radius 3 is 2.35 bits per heavy atom. The van der Waals surface area contributed by atoms with Crippen molar-refractivity contribution in [2.45, 2.75) is 18.9 Å². The fourth-order valence-corrected chi connectivity index (χ4v) is 4.88. The van der Waals surface area contributed by atoms with E-state index in [2.05, 4.69) is 43.3 Å². The predicted octanol–water partition coefficient (Wildman–Crippen LogP) is 5.71. The van der Waals surface area contributed by atoms with Crippen molar-refractivity contribution >= 4 is 39.1 Å². The number of nitrogens with one attached hydrogen (secondary N) is 1. The normalized spacial score (nSPS) is 15.1. The molecule has 34 heavy (non-hydrogen) atoms. The standard InChI is InChI=1S/C27H23N5O2/c33-18-11-15-32(16-12-18)26-24-19-5-1-2-6-20(19)25(23(24)21-7-3-4-8-22(21)29-26)30-31-27(34)17-9-13-28-14-10-17/h1-10,13-14,18,29,33H,11-12,15-16H2. The molecule has 0 atom stereocenters. The second kappa shape index (κ2) is 8.35. The van der Waals surface area contributed by atoms with Gasteiger partial charge in [0.2, 0.25) is 0 Å². The van der Waals surface area contributed by atoms with Gasteiger partial charge in [-0.25, -0.2) is 0 Å². The molecule has 0 radical (unpaired) electrons. The third-order valence-electron chi connectivity index (χ3n) is 6.57. The first kappa shape index (κ1) is 20.5. The Kier molecular flexibility index (Phi) is 5.04. The van der Waals surface area contributed by atoms with Crippen LogP contribution in [0.1, 0.15) is 23.2 Å². The Labute approximate surface area is 196 Å². The second-order valence-corrected chi connectivity index (χ2v) is 8.62. The lowest BCUT2D eigenvalue weighted by atomic mass is 10.00. The quantitative estimate of drug-likeness (QED) is 0.345. The summed E-state index contributed by atoms with van der Waals surface area (Å²) in [6.07, 6.45) is 4.34. The van der Waals surface area contributed by atoms with Crippen molar-refractivity contribution in [3.05, 3.63) is 78.6 Å². The van der Waals surface area contributed by atoms with E-state index in [1.165, 1.54) is 0 Å². The third kappa shape index (κ3) is 3.41. The van der Waals surface area contributed by atoms with E-state index in [9.17, 15) is 9.90 Å². The van der Waals surface area contributed by atoms with E-state index in [-0.39, 0.29) is 6.10 Å². The van der Waals surface area contributed by atoms with Crippen LogP contribution in [0, 0.1) is 0 Å². The SMILES string of the molecule is O=C(N=Nc1c2c3ccccc3[nH]c(N3CCC(O)CC3)c-2c2ccccc12)c1ccncc1. The minimum atomic E-state index is -0.405. The molecule has 2 aromatic carbocycles. The first-order valence-corrected chi connectivity index (χ1v) is 11.4. The minimum absolute atomic E-state index is 0.257. The molecule has 2 N–H and O–H groups in total. The number of nitrogens with zero attached hydrogens (tertiary/aromatic N) is 4. The molecule has 3 aromatic rings. The predicted molar refractivity (Wildman–Crippen MR) is 133 cm³/mol. The first-order chi connectivity index (χ1) is 16.7. The van der Waals surface area contributed by atoms with E-state index in [4.69, 9.17) is 0 Å². The number of fused-ring (bicyclic) bond motifs is 5. The Morgan fingerprint density at radius 2 is 1.59 bits per heavy atom. The van der Waals surface area contributed by atoms with Gasteiger partial charge in [-0.15, -0.1) is 10.2 Å². The average Bonchev–Trinajstić information content (AvgIpc) is 3.22. The number of aliphatic hydroxyl groups excluding tert-OH is 1. The largest absolute Gasteiger partial charge is 0.393 e. The van der Waals surface area contributed by atoms with E-state index in [1.54, 1.807) is 24.5 Å². The van der Waals surface area contributed by atoms with E-state index in [0.29, 0.717) is 11.3 Å². The summed E-state index contributed by atoms with van der Waals surface area (Å²) in [6.45, 7) is 1.53. The molecule has 7 heteroatoms. The Bertz CT molecular complexity index is 1500. The molecule has 7 nitrogen and oxygen atoms in total. The Morgan fingerprint density at radius 1 is 0.912 bits per heavy atom. The molecule has 1 amide bonds. The van der Waals surface area contributed by atoms with Crippen LogP contribution in [0.25, 0.3) is 32.8 Å². The Balaban J connectivity index is 1.59. The highest BCUT2D eigenvalue weighted by atomic mass is 16.3. The first-order valence-electron chi connectivity index (χ1n) is 11.4. The van der Waals surface area contributed by atoms with Crippen molar-refractivity contribution in [3.8, 4) is 11.1 Å². The van der Waals surface area contributed by atoms with Crippen LogP contribution in [0.4, 0.5) is 11.5 Å². The van der Waals surface area contributed by atoms with Crippen LogP contribution in [-0.2, 0) is 0 Å². The minimum Gasteiger partial charge on any atom is -0.393 e. The molecule has 3 aliphatic rings. The molecule has 0 bridgehead atoms. The number of aliphatic hydroxyl groups is 1. The molecule has 1 aromatic heterocycles. The number of amides is 1. The highest BCUT2D eigenvalue weighted by Gasteiger charge is 2.28. The highest BCUT2D eigenvalue weighted by molar-refractivity contribution is 6.22. The van der Waals surface area contributed by atoms with Gasteiger partial charge in [0.25, 0.3) is 5.91 Å². The molecule has 0 spiro atoms. The second-order valence-electron chi connectivity index (χ2n) is 8.62. The number of pyridine rings is 2. The summed E-state index contributed by atoms with van der Waals surface area (Å²) in [7, 11) is 0. The van der Waals surface area contributed by atoms with Crippen molar-refractivity contribution in [3.63, 3.8) is 0 Å². The van der Waals surface area contributed by atoms with Gasteiger partial charge in [-0.05, 0) is 36.4 Å². The van der Waals surface area contributed by atoms with Gasteiger partial charge in [-0.2, -0.15) is 0 Å². The Hall–Kier alpha value is -4.10. The van der Waals surface area contributed by atoms with Gasteiger partial charge in [0.1, 0.15) is 11.5 Å². The van der Waals surface area contributed by atoms with Gasteiger partial charge in [-0.1, -0.05) is 42.5 Å². The van der Waals surface area contributed by atoms with Crippen LogP contribution in [0.15, 0.2) is 83.3 Å². The molecule has 2 aliphatic heterocycles. The zero-order valence-electron chi connectivity index (χ0n) is 18.5. The summed E-state index contributed by atoms with van der Waals surface area (Å²) < 4.78 is 0. The van der Waals surface area contributed by atoms with Crippen LogP contribution in [0.5, 0.6) is 0 Å². The molecule has 3 heterocycles. The number of piperidine rings is 1. The number of benzene rings is 2. The van der Waals surface area contributed by atoms with Crippen molar-refractivity contribution in [1.29, 1.82) is 0 Å². The van der Waals surface area contributed by atoms with Crippen LogP contribution in [0.2, 0.25) is 0 Å². The number of anilines is 1. The van der Waals surface area contributed by atoms with E-state index < -0.39 is 5.91 Å². The lowest BCUT2D eigenvalue weighted by molar-refractivity contribution is 0.0995. The van der Waals surface area contributed by atoms with Gasteiger partial charge in [0.15, 0.2) is 0 Å². The van der Waals surface area contributed by atoms with Crippen LogP contribution in [-0.4, -0.2) is 40.2 Å². The zero-order chi connectivity index (χ0) is 23.1. The third-order valence-corrected chi connectivity index (χ3v) is 6.57. The monoisotopic (exact) mass is 449 g/mol. The summed E-state index contributed by atoms with van der Waals surface area (Å²) in [4.78, 5) is 22.6. The number of H-pyrrole nitrogens is 1. The lowest BCUT2D eigenvalue weighted by Crippen LogP contribution is -2.36. The lowest BCUT2D eigenvalue weighted by Gasteiger charge is -2.33. The molecule has 168 valence electrons. The van der Waals surface area contributed by atoms with Crippen molar-refractivity contribution < 1.29 is 9.90 Å². The zero-order valence-corrected chi connectivity index (χ0v) is 18.5. The van der Waals surface area contributed by atoms with E-state index in [0.717, 1.165) is 64.6 Å². The highest BCUT2D eigenvalue weighted by Crippen LogP contribution is 2.51. The summed E-state index contributed by atoms with van der Waals surface area (Å²) in [5, 5.41) is 21.7. The molecule has 0 unspecified atom stereocenters. The van der Waals surface area contributed by atoms with Gasteiger partial charge < -0.3 is 15.0 Å². The number of carbonyl (C=O) groups is 1. The maximum atomic E-state index is 12.7. The van der Waals surface area contributed by atoms with E-state index in [1.807, 2.05) is 30.3 Å². The van der Waals surface area contributed by atoms with Crippen LogP contribution in [0.3, 0.4) is 0 Å². The number of azo groups is 1. The fourth-order valence-electron chi connectivity index (χ4n) is 4.88. The van der Waals surface area contributed by atoms with Gasteiger partial charge in [0, 0.05) is 58.5 Å². The maximum absolute atomic E-state index is 12.7. The number of carbonyl (C=O) groups excluding carboxylic acids is 1. The number of rotatable bonds is 3. The van der Waals surface area contributed by atoms with Crippen molar-refractivity contribution in [2.75, 3.05) is 18.0 Å². The van der Waals surface area contributed by atoms with Crippen molar-refractivity contribution in [2.24, 2.45) is 10.2 Å². The molecule has 1 fully saturated rings. The smallest absolute Gasteiger partial charge is 0.295 e. The summed E-state index contributed by atoms with van der Waals surface area (Å²) >= 11 is 0. The molecular formula is C27H23N5O2.